The summed E-state index contributed by atoms with van der Waals surface area (Å²) in [5, 5.41) is 0.913. The SMILES string of the molecule is Nc1nc(N2CCCC(NI)C2)cnc1-c1cccc(Cl)c1Cl. The molecule has 8 heteroatoms. The van der Waals surface area contributed by atoms with E-state index in [9.17, 15) is 0 Å². The lowest BCUT2D eigenvalue weighted by Crippen LogP contribution is -2.43. The molecule has 0 spiro atoms. The van der Waals surface area contributed by atoms with E-state index in [1.54, 1.807) is 12.3 Å². The zero-order valence-electron chi connectivity index (χ0n) is 12.3. The van der Waals surface area contributed by atoms with Gasteiger partial charge < -0.3 is 10.6 Å². The Hall–Kier alpha value is -0.830. The van der Waals surface area contributed by atoms with Crippen molar-refractivity contribution in [2.24, 2.45) is 0 Å². The molecule has 1 aromatic carbocycles. The number of rotatable bonds is 3. The van der Waals surface area contributed by atoms with E-state index in [0.717, 1.165) is 25.3 Å². The van der Waals surface area contributed by atoms with E-state index in [1.807, 2.05) is 12.1 Å². The predicted molar refractivity (Wildman–Crippen MR) is 104 cm³/mol. The van der Waals surface area contributed by atoms with Crippen LogP contribution in [0.15, 0.2) is 24.4 Å². The van der Waals surface area contributed by atoms with Crippen LogP contribution in [-0.4, -0.2) is 29.1 Å². The average molecular weight is 464 g/mol. The molecule has 0 amide bonds. The van der Waals surface area contributed by atoms with Crippen molar-refractivity contribution >= 4 is 57.7 Å². The van der Waals surface area contributed by atoms with Gasteiger partial charge in [-0.05, 0) is 18.9 Å². The third-order valence-electron chi connectivity index (χ3n) is 3.89. The van der Waals surface area contributed by atoms with E-state index in [2.05, 4.69) is 41.3 Å². The van der Waals surface area contributed by atoms with Crippen LogP contribution < -0.4 is 14.2 Å². The fourth-order valence-electron chi connectivity index (χ4n) is 2.71. The number of nitrogen functional groups attached to an aromatic ring is 1. The molecule has 0 aliphatic carbocycles. The number of halogens is 3. The van der Waals surface area contributed by atoms with E-state index < -0.39 is 0 Å². The second-order valence-electron chi connectivity index (χ2n) is 5.46. The van der Waals surface area contributed by atoms with Crippen molar-refractivity contribution in [2.75, 3.05) is 23.7 Å². The maximum absolute atomic E-state index is 6.25. The predicted octanol–water partition coefficient (Wildman–Crippen LogP) is 3.94. The highest BCUT2D eigenvalue weighted by Gasteiger charge is 2.21. The first-order valence-corrected chi connectivity index (χ1v) is 9.11. The van der Waals surface area contributed by atoms with Crippen LogP contribution in [0.3, 0.4) is 0 Å². The van der Waals surface area contributed by atoms with Gasteiger partial charge in [0.1, 0.15) is 11.5 Å². The van der Waals surface area contributed by atoms with Gasteiger partial charge in [0, 0.05) is 47.6 Å². The molecule has 3 N–H and O–H groups in total. The zero-order chi connectivity index (χ0) is 16.4. The van der Waals surface area contributed by atoms with Gasteiger partial charge in [-0.3, -0.25) is 3.53 Å². The minimum Gasteiger partial charge on any atom is -0.382 e. The maximum atomic E-state index is 6.25. The molecule has 0 bridgehead atoms. The monoisotopic (exact) mass is 463 g/mol. The van der Waals surface area contributed by atoms with E-state index in [-0.39, 0.29) is 0 Å². The Labute approximate surface area is 159 Å². The van der Waals surface area contributed by atoms with Crippen LogP contribution in [0.1, 0.15) is 12.8 Å². The minimum absolute atomic E-state index is 0.358. The molecule has 1 aliphatic heterocycles. The van der Waals surface area contributed by atoms with Gasteiger partial charge in [0.15, 0.2) is 5.82 Å². The first kappa shape index (κ1) is 17.0. The van der Waals surface area contributed by atoms with Crippen LogP contribution in [0.2, 0.25) is 10.0 Å². The van der Waals surface area contributed by atoms with Gasteiger partial charge >= 0.3 is 0 Å². The number of hydrogen-bond acceptors (Lipinski definition) is 5. The number of aromatic nitrogens is 2. The molecule has 2 heterocycles. The second kappa shape index (κ2) is 7.38. The zero-order valence-corrected chi connectivity index (χ0v) is 15.9. The van der Waals surface area contributed by atoms with Crippen LogP contribution in [0.5, 0.6) is 0 Å². The van der Waals surface area contributed by atoms with Crippen LogP contribution in [-0.2, 0) is 0 Å². The summed E-state index contributed by atoms with van der Waals surface area (Å²) < 4.78 is 3.29. The Kier molecular flexibility index (Phi) is 5.45. The summed E-state index contributed by atoms with van der Waals surface area (Å²) in [6.07, 6.45) is 4.03. The van der Waals surface area contributed by atoms with Crippen molar-refractivity contribution < 1.29 is 0 Å². The highest BCUT2D eigenvalue weighted by Crippen LogP contribution is 2.35. The molecule has 0 saturated carbocycles. The van der Waals surface area contributed by atoms with E-state index in [0.29, 0.717) is 33.2 Å². The van der Waals surface area contributed by atoms with Gasteiger partial charge in [-0.1, -0.05) is 35.3 Å². The summed E-state index contributed by atoms with van der Waals surface area (Å²) >= 11 is 14.5. The summed E-state index contributed by atoms with van der Waals surface area (Å²) in [6.45, 7) is 1.86. The van der Waals surface area contributed by atoms with Gasteiger partial charge in [0.2, 0.25) is 0 Å². The van der Waals surface area contributed by atoms with Crippen molar-refractivity contribution in [1.29, 1.82) is 0 Å². The topological polar surface area (TPSA) is 67.1 Å². The van der Waals surface area contributed by atoms with E-state index >= 15 is 0 Å². The number of nitrogens with one attached hydrogen (secondary N) is 1. The molecular weight excluding hydrogens is 448 g/mol. The first-order chi connectivity index (χ1) is 11.1. The molecule has 5 nitrogen and oxygen atoms in total. The van der Waals surface area contributed by atoms with Crippen LogP contribution in [0.4, 0.5) is 11.6 Å². The van der Waals surface area contributed by atoms with Crippen molar-refractivity contribution in [3.63, 3.8) is 0 Å². The smallest absolute Gasteiger partial charge is 0.152 e. The lowest BCUT2D eigenvalue weighted by Gasteiger charge is -2.32. The lowest BCUT2D eigenvalue weighted by atomic mass is 10.1. The van der Waals surface area contributed by atoms with Gasteiger partial charge in [0.05, 0.1) is 16.2 Å². The molecule has 1 aliphatic rings. The van der Waals surface area contributed by atoms with Crippen molar-refractivity contribution in [1.82, 2.24) is 13.5 Å². The number of benzene rings is 1. The second-order valence-corrected chi connectivity index (χ2v) is 6.87. The Morgan fingerprint density at radius 3 is 2.91 bits per heavy atom. The fourth-order valence-corrected chi connectivity index (χ4v) is 3.61. The Morgan fingerprint density at radius 2 is 2.17 bits per heavy atom. The Bertz CT molecular complexity index is 712. The normalized spacial score (nSPS) is 18.2. The molecule has 1 aromatic heterocycles. The van der Waals surface area contributed by atoms with Gasteiger partial charge in [-0.2, -0.15) is 0 Å². The van der Waals surface area contributed by atoms with Gasteiger partial charge in [-0.15, -0.1) is 0 Å². The molecule has 0 radical (unpaired) electrons. The summed E-state index contributed by atoms with van der Waals surface area (Å²) in [6, 6.07) is 5.84. The highest BCUT2D eigenvalue weighted by molar-refractivity contribution is 14.1. The number of hydrogen-bond donors (Lipinski definition) is 2. The average Bonchev–Trinajstić information content (AvgIpc) is 2.58. The summed E-state index contributed by atoms with van der Waals surface area (Å²) in [5.74, 6) is 1.15. The van der Waals surface area contributed by atoms with Crippen LogP contribution in [0, 0.1) is 0 Å². The first-order valence-electron chi connectivity index (χ1n) is 7.28. The Morgan fingerprint density at radius 1 is 1.35 bits per heavy atom. The number of anilines is 2. The van der Waals surface area contributed by atoms with E-state index in [4.69, 9.17) is 28.9 Å². The standard InChI is InChI=1S/C15H16Cl2IN5/c16-11-5-1-4-10(13(11)17)14-15(19)21-12(7-20-14)23-6-2-3-9(8-23)22-18/h1,4-5,7,9,22H,2-3,6,8H2,(H2,19,21). The maximum Gasteiger partial charge on any atom is 0.152 e. The molecule has 1 fully saturated rings. The third-order valence-corrected chi connectivity index (χ3v) is 5.59. The van der Waals surface area contributed by atoms with Crippen LogP contribution in [0.25, 0.3) is 11.3 Å². The summed E-state index contributed by atoms with van der Waals surface area (Å²) in [7, 11) is 0. The number of nitrogens with zero attached hydrogens (tertiary/aromatic N) is 3. The lowest BCUT2D eigenvalue weighted by molar-refractivity contribution is 0.490. The molecule has 3 rings (SSSR count). The molecule has 1 atom stereocenters. The molecule has 1 unspecified atom stereocenters. The summed E-state index contributed by atoms with van der Waals surface area (Å²) in [4.78, 5) is 11.2. The molecule has 1 saturated heterocycles. The van der Waals surface area contributed by atoms with Gasteiger partial charge in [-0.25, -0.2) is 9.97 Å². The number of nitrogens with two attached hydrogens (primary N) is 1. The Balaban J connectivity index is 1.90. The highest BCUT2D eigenvalue weighted by atomic mass is 127. The number of piperidine rings is 1. The van der Waals surface area contributed by atoms with Crippen molar-refractivity contribution in [3.8, 4) is 11.3 Å². The largest absolute Gasteiger partial charge is 0.382 e. The van der Waals surface area contributed by atoms with Crippen LogP contribution >= 0.6 is 46.1 Å². The summed E-state index contributed by atoms with van der Waals surface area (Å²) in [5.41, 5.74) is 7.38. The molecular formula is C15H16Cl2IN5. The minimum atomic E-state index is 0.358. The molecule has 23 heavy (non-hydrogen) atoms. The quantitative estimate of drug-likeness (QED) is 0.533. The molecule has 2 aromatic rings. The van der Waals surface area contributed by atoms with Gasteiger partial charge in [0.25, 0.3) is 0 Å². The third kappa shape index (κ3) is 3.65. The van der Waals surface area contributed by atoms with Crippen molar-refractivity contribution in [2.45, 2.75) is 18.9 Å². The van der Waals surface area contributed by atoms with E-state index in [1.165, 1.54) is 6.42 Å². The molecule has 122 valence electrons. The fraction of sp³-hybridized carbons (Fsp3) is 0.333. The van der Waals surface area contributed by atoms with Crippen molar-refractivity contribution in [3.05, 3.63) is 34.4 Å².